The Labute approximate surface area is 102 Å². The van der Waals surface area contributed by atoms with E-state index >= 15 is 0 Å². The summed E-state index contributed by atoms with van der Waals surface area (Å²) in [5.74, 6) is 0.625. The van der Waals surface area contributed by atoms with Crippen molar-refractivity contribution < 1.29 is 4.39 Å². The number of pyridine rings is 1. The number of rotatable bonds is 6. The van der Waals surface area contributed by atoms with Crippen molar-refractivity contribution in [3.63, 3.8) is 0 Å². The zero-order valence-electron chi connectivity index (χ0n) is 10.5. The highest BCUT2D eigenvalue weighted by atomic mass is 19.1. The van der Waals surface area contributed by atoms with Gasteiger partial charge in [-0.2, -0.15) is 0 Å². The molecule has 0 spiro atoms. The molecule has 1 saturated carbocycles. The number of halogens is 1. The van der Waals surface area contributed by atoms with Crippen LogP contribution in [-0.4, -0.2) is 17.6 Å². The van der Waals surface area contributed by atoms with Crippen LogP contribution in [-0.2, 0) is 6.54 Å². The molecule has 0 atom stereocenters. The molecule has 1 aliphatic rings. The van der Waals surface area contributed by atoms with Gasteiger partial charge in [-0.15, -0.1) is 0 Å². The van der Waals surface area contributed by atoms with Crippen LogP contribution in [0.2, 0.25) is 0 Å². The number of hydrogen-bond acceptors (Lipinski definition) is 3. The molecule has 17 heavy (non-hydrogen) atoms. The van der Waals surface area contributed by atoms with Crippen molar-refractivity contribution in [2.24, 2.45) is 5.92 Å². The van der Waals surface area contributed by atoms with Crippen molar-refractivity contribution in [2.75, 3.05) is 11.9 Å². The van der Waals surface area contributed by atoms with E-state index in [0.29, 0.717) is 29.9 Å². The van der Waals surface area contributed by atoms with E-state index in [1.165, 1.54) is 12.8 Å². The Kier molecular flexibility index (Phi) is 3.94. The first-order valence-corrected chi connectivity index (χ1v) is 6.27. The van der Waals surface area contributed by atoms with Gasteiger partial charge >= 0.3 is 0 Å². The zero-order valence-corrected chi connectivity index (χ0v) is 10.5. The highest BCUT2D eigenvalue weighted by Gasteiger charge is 2.21. The molecule has 0 amide bonds. The molecular weight excluding hydrogens is 217 g/mol. The molecule has 0 unspecified atom stereocenters. The van der Waals surface area contributed by atoms with Gasteiger partial charge in [0.05, 0.1) is 0 Å². The molecule has 1 fully saturated rings. The minimum absolute atomic E-state index is 0.221. The van der Waals surface area contributed by atoms with Gasteiger partial charge in [0.1, 0.15) is 0 Å². The summed E-state index contributed by atoms with van der Waals surface area (Å²) >= 11 is 0. The Balaban J connectivity index is 1.97. The van der Waals surface area contributed by atoms with Crippen molar-refractivity contribution in [2.45, 2.75) is 39.3 Å². The summed E-state index contributed by atoms with van der Waals surface area (Å²) in [6, 6.07) is 2.33. The van der Waals surface area contributed by atoms with Crippen LogP contribution in [0.4, 0.5) is 10.2 Å². The van der Waals surface area contributed by atoms with E-state index in [0.717, 1.165) is 6.54 Å². The van der Waals surface area contributed by atoms with Gasteiger partial charge in [0.15, 0.2) is 11.6 Å². The molecule has 94 valence electrons. The molecule has 2 rings (SSSR count). The van der Waals surface area contributed by atoms with Gasteiger partial charge in [0, 0.05) is 30.9 Å². The quantitative estimate of drug-likeness (QED) is 0.798. The van der Waals surface area contributed by atoms with Gasteiger partial charge in [-0.1, -0.05) is 13.8 Å². The maximum absolute atomic E-state index is 14.0. The van der Waals surface area contributed by atoms with Crippen LogP contribution in [0.25, 0.3) is 0 Å². The van der Waals surface area contributed by atoms with Crippen molar-refractivity contribution >= 4 is 5.82 Å². The van der Waals surface area contributed by atoms with E-state index in [-0.39, 0.29) is 5.82 Å². The summed E-state index contributed by atoms with van der Waals surface area (Å²) in [6.45, 7) is 5.51. The average Bonchev–Trinajstić information content (AvgIpc) is 3.10. The first kappa shape index (κ1) is 12.3. The Hall–Kier alpha value is -1.16. The summed E-state index contributed by atoms with van der Waals surface area (Å²) in [5, 5.41) is 6.35. The maximum atomic E-state index is 14.0. The first-order chi connectivity index (χ1) is 8.16. The van der Waals surface area contributed by atoms with Crippen molar-refractivity contribution in [1.29, 1.82) is 0 Å². The molecule has 0 aliphatic heterocycles. The Morgan fingerprint density at radius 1 is 1.47 bits per heavy atom. The number of nitrogens with one attached hydrogen (secondary N) is 2. The van der Waals surface area contributed by atoms with E-state index in [1.807, 2.05) is 0 Å². The van der Waals surface area contributed by atoms with Gasteiger partial charge in [-0.05, 0) is 24.8 Å². The third-order valence-corrected chi connectivity index (χ3v) is 2.81. The van der Waals surface area contributed by atoms with Crippen LogP contribution in [0.15, 0.2) is 12.3 Å². The highest BCUT2D eigenvalue weighted by Crippen LogP contribution is 2.21. The normalized spacial score (nSPS) is 15.3. The lowest BCUT2D eigenvalue weighted by Gasteiger charge is -2.11. The van der Waals surface area contributed by atoms with Crippen LogP contribution < -0.4 is 10.6 Å². The van der Waals surface area contributed by atoms with Gasteiger partial charge in [-0.25, -0.2) is 9.37 Å². The predicted octanol–water partition coefficient (Wildman–Crippen LogP) is 2.54. The van der Waals surface area contributed by atoms with Gasteiger partial charge in [-0.3, -0.25) is 0 Å². The molecule has 0 saturated heterocycles. The Morgan fingerprint density at radius 3 is 2.88 bits per heavy atom. The molecule has 0 radical (unpaired) electrons. The van der Waals surface area contributed by atoms with Crippen molar-refractivity contribution in [3.05, 3.63) is 23.6 Å². The number of anilines is 1. The average molecular weight is 237 g/mol. The highest BCUT2D eigenvalue weighted by molar-refractivity contribution is 5.39. The minimum Gasteiger partial charge on any atom is -0.367 e. The molecule has 1 heterocycles. The second-order valence-corrected chi connectivity index (χ2v) is 5.06. The van der Waals surface area contributed by atoms with Crippen LogP contribution in [0.5, 0.6) is 0 Å². The van der Waals surface area contributed by atoms with E-state index in [9.17, 15) is 4.39 Å². The Morgan fingerprint density at radius 2 is 2.24 bits per heavy atom. The summed E-state index contributed by atoms with van der Waals surface area (Å²) < 4.78 is 14.0. The largest absolute Gasteiger partial charge is 0.367 e. The van der Waals surface area contributed by atoms with Crippen LogP contribution in [0.1, 0.15) is 32.3 Å². The smallest absolute Gasteiger partial charge is 0.169 e. The number of nitrogens with zero attached hydrogens (tertiary/aromatic N) is 1. The topological polar surface area (TPSA) is 37.0 Å². The molecule has 1 aromatic heterocycles. The molecule has 3 nitrogen and oxygen atoms in total. The SMILES string of the molecule is CC(C)CNc1nccc(CNC2CC2)c1F. The third-order valence-electron chi connectivity index (χ3n) is 2.81. The van der Waals surface area contributed by atoms with E-state index < -0.39 is 0 Å². The van der Waals surface area contributed by atoms with Gasteiger partial charge < -0.3 is 10.6 Å². The molecule has 4 heteroatoms. The molecule has 2 N–H and O–H groups in total. The summed E-state index contributed by atoms with van der Waals surface area (Å²) in [6.07, 6.45) is 4.09. The fourth-order valence-electron chi connectivity index (χ4n) is 1.59. The lowest BCUT2D eigenvalue weighted by atomic mass is 10.2. The number of hydrogen-bond donors (Lipinski definition) is 2. The summed E-state index contributed by atoms with van der Waals surface area (Å²) in [5.41, 5.74) is 0.693. The van der Waals surface area contributed by atoms with Gasteiger partial charge in [0.2, 0.25) is 0 Å². The van der Waals surface area contributed by atoms with E-state index in [2.05, 4.69) is 29.5 Å². The molecular formula is C13H20FN3. The van der Waals surface area contributed by atoms with Crippen molar-refractivity contribution in [1.82, 2.24) is 10.3 Å². The van der Waals surface area contributed by atoms with Crippen LogP contribution >= 0.6 is 0 Å². The molecule has 0 bridgehead atoms. The second kappa shape index (κ2) is 5.45. The van der Waals surface area contributed by atoms with Gasteiger partial charge in [0.25, 0.3) is 0 Å². The number of aromatic nitrogens is 1. The van der Waals surface area contributed by atoms with E-state index in [4.69, 9.17) is 0 Å². The Bertz CT molecular complexity index is 351. The van der Waals surface area contributed by atoms with Crippen molar-refractivity contribution in [3.8, 4) is 0 Å². The standard InChI is InChI=1S/C13H20FN3/c1-9(2)7-17-13-12(14)10(5-6-15-13)8-16-11-3-4-11/h5-6,9,11,16H,3-4,7-8H2,1-2H3,(H,15,17). The molecule has 1 aromatic rings. The lowest BCUT2D eigenvalue weighted by Crippen LogP contribution is -2.18. The zero-order chi connectivity index (χ0) is 12.3. The summed E-state index contributed by atoms with van der Waals surface area (Å²) in [7, 11) is 0. The predicted molar refractivity (Wildman–Crippen MR) is 67.4 cm³/mol. The first-order valence-electron chi connectivity index (χ1n) is 6.27. The third kappa shape index (κ3) is 3.66. The fraction of sp³-hybridized carbons (Fsp3) is 0.615. The molecule has 0 aromatic carbocycles. The lowest BCUT2D eigenvalue weighted by molar-refractivity contribution is 0.581. The van der Waals surface area contributed by atoms with Crippen LogP contribution in [0, 0.1) is 11.7 Å². The fourth-order valence-corrected chi connectivity index (χ4v) is 1.59. The van der Waals surface area contributed by atoms with Crippen LogP contribution in [0.3, 0.4) is 0 Å². The molecule has 1 aliphatic carbocycles. The monoisotopic (exact) mass is 237 g/mol. The minimum atomic E-state index is -0.221. The second-order valence-electron chi connectivity index (χ2n) is 5.06. The van der Waals surface area contributed by atoms with E-state index in [1.54, 1.807) is 12.3 Å². The summed E-state index contributed by atoms with van der Waals surface area (Å²) in [4.78, 5) is 4.04. The maximum Gasteiger partial charge on any atom is 0.169 e.